The van der Waals surface area contributed by atoms with Crippen molar-refractivity contribution in [3.8, 4) is 10.4 Å². The van der Waals surface area contributed by atoms with Crippen molar-refractivity contribution >= 4 is 45.7 Å². The predicted molar refractivity (Wildman–Crippen MR) is 145 cm³/mol. The van der Waals surface area contributed by atoms with Crippen LogP contribution in [-0.4, -0.2) is 67.0 Å². The van der Waals surface area contributed by atoms with Gasteiger partial charge in [0.25, 0.3) is 0 Å². The van der Waals surface area contributed by atoms with Gasteiger partial charge in [-0.25, -0.2) is 4.98 Å². The number of benzene rings is 1. The number of hydrogen-bond acceptors (Lipinski definition) is 7. The van der Waals surface area contributed by atoms with Crippen molar-refractivity contribution in [1.82, 2.24) is 25.0 Å². The van der Waals surface area contributed by atoms with Crippen LogP contribution in [0.4, 0.5) is 0 Å². The van der Waals surface area contributed by atoms with Gasteiger partial charge in [-0.1, -0.05) is 38.1 Å². The Balaban J connectivity index is 1.50. The van der Waals surface area contributed by atoms with Crippen molar-refractivity contribution < 1.29 is 19.8 Å². The minimum absolute atomic E-state index is 0.0689. The number of aliphatic hydroxyl groups is 2. The second-order valence-electron chi connectivity index (χ2n) is 9.36. The van der Waals surface area contributed by atoms with Gasteiger partial charge in [0.15, 0.2) is 0 Å². The Kier molecular flexibility index (Phi) is 8.43. The maximum atomic E-state index is 13.6. The number of amides is 2. The molecule has 1 aromatic carbocycles. The molecule has 4 unspecified atom stereocenters. The zero-order chi connectivity index (χ0) is 26.0. The molecule has 0 radical (unpaired) electrons. The molecule has 1 aliphatic heterocycles. The van der Waals surface area contributed by atoms with Crippen molar-refractivity contribution in [3.63, 3.8) is 0 Å². The van der Waals surface area contributed by atoms with Crippen LogP contribution < -0.4 is 5.32 Å². The summed E-state index contributed by atoms with van der Waals surface area (Å²) in [6.07, 6.45) is 2.81. The largest absolute Gasteiger partial charge is 0.394 e. The number of aromatic nitrogens is 3. The van der Waals surface area contributed by atoms with E-state index in [1.54, 1.807) is 33.9 Å². The van der Waals surface area contributed by atoms with Gasteiger partial charge in [0.05, 0.1) is 44.6 Å². The molecule has 1 aliphatic rings. The van der Waals surface area contributed by atoms with Crippen LogP contribution in [0.3, 0.4) is 0 Å². The van der Waals surface area contributed by atoms with E-state index in [1.165, 1.54) is 4.90 Å². The van der Waals surface area contributed by atoms with Crippen LogP contribution in [0, 0.1) is 16.4 Å². The summed E-state index contributed by atoms with van der Waals surface area (Å²) in [5, 5.41) is 27.6. The molecule has 1 fully saturated rings. The Morgan fingerprint density at radius 3 is 2.56 bits per heavy atom. The summed E-state index contributed by atoms with van der Waals surface area (Å²) in [5.41, 5.74) is 4.52. The molecule has 9 nitrogen and oxygen atoms in total. The summed E-state index contributed by atoms with van der Waals surface area (Å²) < 4.78 is 2.53. The lowest BCUT2D eigenvalue weighted by Crippen LogP contribution is -2.50. The number of halogens is 1. The van der Waals surface area contributed by atoms with Crippen molar-refractivity contribution in [1.29, 1.82) is 0 Å². The van der Waals surface area contributed by atoms with E-state index in [-0.39, 0.29) is 31.4 Å². The predicted octanol–water partition coefficient (Wildman–Crippen LogP) is 2.93. The summed E-state index contributed by atoms with van der Waals surface area (Å²) in [6.45, 7) is 5.59. The maximum Gasteiger partial charge on any atom is 0.248 e. The number of aliphatic hydroxyl groups excluding tert-OH is 2. The van der Waals surface area contributed by atoms with Gasteiger partial charge < -0.3 is 20.4 Å². The normalized spacial score (nSPS) is 19.5. The molecular formula is C25H30IN5O4S. The molecule has 11 heteroatoms. The van der Waals surface area contributed by atoms with Gasteiger partial charge in [-0.05, 0) is 46.6 Å². The topological polar surface area (TPSA) is 121 Å². The maximum absolute atomic E-state index is 13.6. The Bertz CT molecular complexity index is 1210. The third-order valence-corrected chi connectivity index (χ3v) is 7.96. The summed E-state index contributed by atoms with van der Waals surface area (Å²) in [6, 6.07) is 5.56. The molecule has 0 spiro atoms. The molecular weight excluding hydrogens is 593 g/mol. The lowest BCUT2D eigenvalue weighted by atomic mass is 10.0. The van der Waals surface area contributed by atoms with Crippen LogP contribution in [0.1, 0.15) is 43.6 Å². The van der Waals surface area contributed by atoms with Gasteiger partial charge in [-0.3, -0.25) is 14.3 Å². The monoisotopic (exact) mass is 623 g/mol. The Morgan fingerprint density at radius 2 is 2.00 bits per heavy atom. The molecule has 3 aromatic rings. The second kappa shape index (κ2) is 11.4. The van der Waals surface area contributed by atoms with Gasteiger partial charge in [-0.15, -0.1) is 11.3 Å². The average molecular weight is 624 g/mol. The molecule has 36 heavy (non-hydrogen) atoms. The van der Waals surface area contributed by atoms with E-state index in [2.05, 4.69) is 38.0 Å². The number of nitrogens with zero attached hydrogens (tertiary/aromatic N) is 4. The molecule has 3 heterocycles. The van der Waals surface area contributed by atoms with Gasteiger partial charge in [0.2, 0.25) is 11.8 Å². The Hall–Kier alpha value is -2.35. The minimum atomic E-state index is -0.837. The van der Waals surface area contributed by atoms with Crippen LogP contribution in [-0.2, 0) is 9.59 Å². The number of likely N-dealkylation sites (tertiary alicyclic amines) is 1. The van der Waals surface area contributed by atoms with E-state index in [0.29, 0.717) is 0 Å². The van der Waals surface area contributed by atoms with E-state index in [4.69, 9.17) is 0 Å². The van der Waals surface area contributed by atoms with Crippen molar-refractivity contribution in [3.05, 3.63) is 57.0 Å². The molecule has 1 saturated heterocycles. The molecule has 3 N–H and O–H groups in total. The SMILES string of the molecule is Cc1ncsc1-c1ccc(C(CO)NC(=O)C2CC(O)CN2C(=O)C(C(C)C)n2cc(I)cn2)cc1. The number of nitrogens with one attached hydrogen (secondary N) is 1. The second-order valence-corrected chi connectivity index (χ2v) is 11.5. The summed E-state index contributed by atoms with van der Waals surface area (Å²) >= 11 is 3.70. The van der Waals surface area contributed by atoms with Crippen LogP contribution in [0.25, 0.3) is 10.4 Å². The fourth-order valence-corrected chi connectivity index (χ4v) is 5.82. The number of rotatable bonds is 8. The lowest BCUT2D eigenvalue weighted by Gasteiger charge is -2.30. The van der Waals surface area contributed by atoms with Crippen molar-refractivity contribution in [2.75, 3.05) is 13.2 Å². The first kappa shape index (κ1) is 26.7. The zero-order valence-electron chi connectivity index (χ0n) is 20.3. The smallest absolute Gasteiger partial charge is 0.248 e. The molecule has 2 amide bonds. The number of thiazole rings is 1. The third kappa shape index (κ3) is 5.63. The fraction of sp³-hybridized carbons (Fsp3) is 0.440. The summed E-state index contributed by atoms with van der Waals surface area (Å²) in [4.78, 5) is 33.7. The van der Waals surface area contributed by atoms with Crippen molar-refractivity contribution in [2.24, 2.45) is 5.92 Å². The summed E-state index contributed by atoms with van der Waals surface area (Å²) in [5.74, 6) is -0.731. The standard InChI is InChI=1S/C25H30IN5O4S/c1-14(2)22(31-10-18(26)9-28-31)25(35)30-11-19(33)8-21(30)24(34)29-20(12-32)16-4-6-17(7-5-16)23-15(3)27-13-36-23/h4-7,9-10,13-14,19-22,32-33H,8,11-12H2,1-3H3,(H,29,34). The first-order chi connectivity index (χ1) is 17.2. The number of carbonyl (C=O) groups is 2. The molecule has 0 saturated carbocycles. The molecule has 0 aliphatic carbocycles. The van der Waals surface area contributed by atoms with E-state index in [0.717, 1.165) is 25.3 Å². The Morgan fingerprint density at radius 1 is 1.28 bits per heavy atom. The van der Waals surface area contributed by atoms with Gasteiger partial charge >= 0.3 is 0 Å². The van der Waals surface area contributed by atoms with Gasteiger partial charge in [0, 0.05) is 19.2 Å². The zero-order valence-corrected chi connectivity index (χ0v) is 23.3. The number of carbonyl (C=O) groups excluding carboxylic acids is 2. The highest BCUT2D eigenvalue weighted by molar-refractivity contribution is 14.1. The Labute approximate surface area is 227 Å². The highest BCUT2D eigenvalue weighted by atomic mass is 127. The van der Waals surface area contributed by atoms with Crippen LogP contribution in [0.5, 0.6) is 0 Å². The molecule has 4 rings (SSSR count). The lowest BCUT2D eigenvalue weighted by molar-refractivity contribution is -0.142. The van der Waals surface area contributed by atoms with Crippen LogP contribution >= 0.6 is 33.9 Å². The first-order valence-electron chi connectivity index (χ1n) is 11.8. The minimum Gasteiger partial charge on any atom is -0.394 e. The van der Waals surface area contributed by atoms with Crippen LogP contribution in [0.2, 0.25) is 0 Å². The molecule has 0 bridgehead atoms. The molecule has 4 atom stereocenters. The van der Waals surface area contributed by atoms with E-state index >= 15 is 0 Å². The molecule has 192 valence electrons. The third-order valence-electron chi connectivity index (χ3n) is 6.42. The van der Waals surface area contributed by atoms with Crippen LogP contribution in [0.15, 0.2) is 42.2 Å². The van der Waals surface area contributed by atoms with Gasteiger partial charge in [0.1, 0.15) is 12.1 Å². The van der Waals surface area contributed by atoms with Gasteiger partial charge in [-0.2, -0.15) is 5.10 Å². The van der Waals surface area contributed by atoms with E-state index in [1.807, 2.05) is 45.0 Å². The fourth-order valence-electron chi connectivity index (χ4n) is 4.59. The van der Waals surface area contributed by atoms with Crippen molar-refractivity contribution in [2.45, 2.75) is 51.4 Å². The van der Waals surface area contributed by atoms with E-state index < -0.39 is 30.1 Å². The number of aryl methyl sites for hydroxylation is 1. The average Bonchev–Trinajstić information content (AvgIpc) is 3.57. The highest BCUT2D eigenvalue weighted by Gasteiger charge is 2.43. The highest BCUT2D eigenvalue weighted by Crippen LogP contribution is 2.30. The van der Waals surface area contributed by atoms with E-state index in [9.17, 15) is 19.8 Å². The first-order valence-corrected chi connectivity index (χ1v) is 13.7. The molecule has 2 aromatic heterocycles. The number of β-amino-alcohol motifs (C(OH)–C–C–N with tert-alkyl or cyclic N) is 1. The summed E-state index contributed by atoms with van der Waals surface area (Å²) in [7, 11) is 0. The number of hydrogen-bond donors (Lipinski definition) is 3. The quantitative estimate of drug-likeness (QED) is 0.332.